The van der Waals surface area contributed by atoms with Crippen molar-refractivity contribution in [1.29, 1.82) is 0 Å². The summed E-state index contributed by atoms with van der Waals surface area (Å²) in [6.07, 6.45) is 75.3. The Morgan fingerprint density at radius 2 is 0.722 bits per heavy atom. The van der Waals surface area contributed by atoms with Crippen molar-refractivity contribution in [3.63, 3.8) is 0 Å². The number of hydrogen-bond donors (Lipinski definition) is 1. The number of esters is 2. The molecule has 0 spiro atoms. The Bertz CT molecular complexity index is 1430. The minimum absolute atomic E-state index is 0.175. The molecule has 9 heteroatoms. The fourth-order valence-corrected chi connectivity index (χ4v) is 9.95. The lowest BCUT2D eigenvalue weighted by Gasteiger charge is -2.25. The van der Waals surface area contributed by atoms with Gasteiger partial charge in [0.05, 0.1) is 34.4 Å². The fourth-order valence-electron chi connectivity index (χ4n) is 9.95. The van der Waals surface area contributed by atoms with Crippen LogP contribution in [0.1, 0.15) is 322 Å². The molecule has 0 aromatic rings. The highest BCUT2D eigenvalue weighted by atomic mass is 16.7. The van der Waals surface area contributed by atoms with Crippen LogP contribution in [0.4, 0.5) is 0 Å². The van der Waals surface area contributed by atoms with E-state index < -0.39 is 18.4 Å². The van der Waals surface area contributed by atoms with Gasteiger partial charge in [-0.15, -0.1) is 0 Å². The van der Waals surface area contributed by atoms with Gasteiger partial charge in [-0.05, 0) is 51.4 Å². The van der Waals surface area contributed by atoms with Gasteiger partial charge in [0.25, 0.3) is 6.29 Å². The molecule has 9 nitrogen and oxygen atoms in total. The molecule has 2 atom stereocenters. The van der Waals surface area contributed by atoms with Crippen LogP contribution in [-0.2, 0) is 33.3 Å². The summed E-state index contributed by atoms with van der Waals surface area (Å²) in [7, 11) is 5.98. The molecule has 0 aromatic heterocycles. The lowest BCUT2D eigenvalue weighted by molar-refractivity contribution is -0.870. The van der Waals surface area contributed by atoms with Crippen molar-refractivity contribution in [3.05, 3.63) is 48.6 Å². The normalized spacial score (nSPS) is 13.0. The molecule has 0 aromatic carbocycles. The maximum absolute atomic E-state index is 12.9. The number of unbranched alkanes of at least 4 members (excludes halogenated alkanes) is 40. The highest BCUT2D eigenvalue weighted by Gasteiger charge is 2.25. The van der Waals surface area contributed by atoms with E-state index in [-0.39, 0.29) is 38.2 Å². The molecule has 2 unspecified atom stereocenters. The standard InChI is InChI=1S/C70H129NO8/c1-6-8-10-12-14-16-18-20-21-22-23-24-25-26-27-28-29-30-31-32-33-34-35-36-37-38-39-40-41-42-43-44-45-46-47-49-51-53-55-57-59-61-68(73)79-66(65-78-70(69(74)75)76-63-62-71(3,4)5)64-77-67(72)60-58-56-54-52-50-48-19-17-15-13-11-9-7-2/h8,10,14,16,20-21,23-24,66,70H,6-7,9,11-13,15,17-19,22,25-65H2,1-5H3/p+1/b10-8-,16-14-,21-20-,24-23-. The Morgan fingerprint density at radius 1 is 0.392 bits per heavy atom. The molecular formula is C70H130NO8+. The van der Waals surface area contributed by atoms with Crippen molar-refractivity contribution in [2.45, 2.75) is 334 Å². The number of likely N-dealkylation sites (N-methyl/N-ethyl adjacent to an activating group) is 1. The number of allylic oxidation sites excluding steroid dienone is 8. The average molecular weight is 1110 g/mol. The van der Waals surface area contributed by atoms with Crippen molar-refractivity contribution in [1.82, 2.24) is 0 Å². The molecule has 0 radical (unpaired) electrons. The molecular weight excluding hydrogens is 983 g/mol. The SMILES string of the molecule is CC/C=C\C/C=C\C/C=C\C/C=C\CCCCCCCCCCCCCCCCCCCCCCCCCCCCCCC(=O)OC(COC(=O)CCCCCCCCCCCCCCC)COC(OCC[N+](C)(C)C)C(=O)O. The molecule has 0 saturated carbocycles. The summed E-state index contributed by atoms with van der Waals surface area (Å²) in [6, 6.07) is 0. The van der Waals surface area contributed by atoms with Crippen LogP contribution < -0.4 is 0 Å². The van der Waals surface area contributed by atoms with Crippen LogP contribution in [0.25, 0.3) is 0 Å². The maximum atomic E-state index is 12.9. The van der Waals surface area contributed by atoms with Crippen LogP contribution in [0.3, 0.4) is 0 Å². The van der Waals surface area contributed by atoms with Crippen molar-refractivity contribution in [2.24, 2.45) is 0 Å². The number of quaternary nitrogens is 1. The predicted molar refractivity (Wildman–Crippen MR) is 337 cm³/mol. The van der Waals surface area contributed by atoms with Crippen molar-refractivity contribution in [2.75, 3.05) is 47.5 Å². The van der Waals surface area contributed by atoms with E-state index in [1.807, 2.05) is 21.1 Å². The summed E-state index contributed by atoms with van der Waals surface area (Å²) >= 11 is 0. The molecule has 0 aliphatic carbocycles. The van der Waals surface area contributed by atoms with Gasteiger partial charge in [-0.1, -0.05) is 306 Å². The van der Waals surface area contributed by atoms with Gasteiger partial charge < -0.3 is 28.5 Å². The number of ether oxygens (including phenoxy) is 4. The number of carbonyl (C=O) groups is 3. The van der Waals surface area contributed by atoms with Crippen LogP contribution in [0.2, 0.25) is 0 Å². The van der Waals surface area contributed by atoms with E-state index >= 15 is 0 Å². The molecule has 0 bridgehead atoms. The smallest absolute Gasteiger partial charge is 0.361 e. The molecule has 0 aliphatic rings. The van der Waals surface area contributed by atoms with Gasteiger partial charge in [0.1, 0.15) is 13.2 Å². The van der Waals surface area contributed by atoms with E-state index in [2.05, 4.69) is 62.5 Å². The van der Waals surface area contributed by atoms with Gasteiger partial charge >= 0.3 is 17.9 Å². The fraction of sp³-hybridized carbons (Fsp3) is 0.843. The summed E-state index contributed by atoms with van der Waals surface area (Å²) in [5.41, 5.74) is 0. The molecule has 0 fully saturated rings. The highest BCUT2D eigenvalue weighted by Crippen LogP contribution is 2.18. The summed E-state index contributed by atoms with van der Waals surface area (Å²) in [6.45, 7) is 4.81. The van der Waals surface area contributed by atoms with Crippen LogP contribution in [0.15, 0.2) is 48.6 Å². The zero-order valence-electron chi connectivity index (χ0n) is 52.8. The van der Waals surface area contributed by atoms with E-state index in [1.165, 1.54) is 231 Å². The Hall–Kier alpha value is -2.75. The first-order valence-electron chi connectivity index (χ1n) is 33.8. The van der Waals surface area contributed by atoms with Gasteiger partial charge in [0.15, 0.2) is 6.10 Å². The van der Waals surface area contributed by atoms with Crippen molar-refractivity contribution < 1.29 is 42.9 Å². The predicted octanol–water partition coefficient (Wildman–Crippen LogP) is 20.6. The van der Waals surface area contributed by atoms with E-state index in [4.69, 9.17) is 18.9 Å². The number of hydrogen-bond acceptors (Lipinski definition) is 7. The van der Waals surface area contributed by atoms with Crippen LogP contribution in [0.5, 0.6) is 0 Å². The van der Waals surface area contributed by atoms with E-state index in [0.717, 1.165) is 64.2 Å². The molecule has 1 N–H and O–H groups in total. The van der Waals surface area contributed by atoms with Crippen LogP contribution >= 0.6 is 0 Å². The zero-order valence-corrected chi connectivity index (χ0v) is 52.8. The number of rotatable bonds is 63. The Labute approximate surface area is 489 Å². The van der Waals surface area contributed by atoms with Gasteiger partial charge in [0, 0.05) is 12.8 Å². The zero-order chi connectivity index (χ0) is 57.6. The van der Waals surface area contributed by atoms with Gasteiger partial charge in [-0.25, -0.2) is 4.79 Å². The molecule has 462 valence electrons. The summed E-state index contributed by atoms with van der Waals surface area (Å²) in [5, 5.41) is 9.71. The average Bonchev–Trinajstić information content (AvgIpc) is 3.42. The number of carboxylic acid groups (broad SMARTS) is 1. The first-order valence-corrected chi connectivity index (χ1v) is 33.8. The lowest BCUT2D eigenvalue weighted by Crippen LogP contribution is -2.40. The Kier molecular flexibility index (Phi) is 59.2. The minimum Gasteiger partial charge on any atom is -0.477 e. The third kappa shape index (κ3) is 62.7. The molecule has 79 heavy (non-hydrogen) atoms. The largest absolute Gasteiger partial charge is 0.477 e. The summed E-state index contributed by atoms with van der Waals surface area (Å²) in [4.78, 5) is 37.4. The monoisotopic (exact) mass is 1110 g/mol. The van der Waals surface area contributed by atoms with E-state index in [0.29, 0.717) is 17.4 Å². The van der Waals surface area contributed by atoms with Crippen LogP contribution in [-0.4, -0.2) is 87.4 Å². The second-order valence-electron chi connectivity index (χ2n) is 24.1. The molecule has 0 saturated heterocycles. The number of carbonyl (C=O) groups excluding carboxylic acids is 2. The third-order valence-corrected chi connectivity index (χ3v) is 15.1. The first kappa shape index (κ1) is 76.2. The Morgan fingerprint density at radius 3 is 1.08 bits per heavy atom. The quantitative estimate of drug-likeness (QED) is 0.0211. The second-order valence-corrected chi connectivity index (χ2v) is 24.1. The highest BCUT2D eigenvalue weighted by molar-refractivity contribution is 5.71. The van der Waals surface area contributed by atoms with E-state index in [9.17, 15) is 19.5 Å². The topological polar surface area (TPSA) is 108 Å². The summed E-state index contributed by atoms with van der Waals surface area (Å²) < 4.78 is 22.9. The number of aliphatic carboxylic acids is 1. The lowest BCUT2D eigenvalue weighted by atomic mass is 10.0. The third-order valence-electron chi connectivity index (χ3n) is 15.1. The van der Waals surface area contributed by atoms with Gasteiger partial charge in [0.2, 0.25) is 0 Å². The number of nitrogens with zero attached hydrogens (tertiary/aromatic N) is 1. The molecule has 0 rings (SSSR count). The molecule has 0 amide bonds. The second kappa shape index (κ2) is 61.3. The van der Waals surface area contributed by atoms with Crippen LogP contribution in [0, 0.1) is 0 Å². The summed E-state index contributed by atoms with van der Waals surface area (Å²) in [5.74, 6) is -1.98. The minimum atomic E-state index is -1.51. The van der Waals surface area contributed by atoms with Gasteiger partial charge in [-0.3, -0.25) is 9.59 Å². The van der Waals surface area contributed by atoms with E-state index in [1.54, 1.807) is 0 Å². The first-order chi connectivity index (χ1) is 38.6. The van der Waals surface area contributed by atoms with Crippen molar-refractivity contribution in [3.8, 4) is 0 Å². The Balaban J connectivity index is 3.88. The van der Waals surface area contributed by atoms with Gasteiger partial charge in [-0.2, -0.15) is 0 Å². The van der Waals surface area contributed by atoms with Crippen molar-refractivity contribution >= 4 is 17.9 Å². The number of carboxylic acids is 1. The molecule has 0 aliphatic heterocycles. The maximum Gasteiger partial charge on any atom is 0.361 e. The molecule has 0 heterocycles.